The van der Waals surface area contributed by atoms with Gasteiger partial charge < -0.3 is 15.0 Å². The van der Waals surface area contributed by atoms with E-state index in [0.717, 1.165) is 35.9 Å². The van der Waals surface area contributed by atoms with E-state index in [1.807, 2.05) is 34.9 Å². The lowest BCUT2D eigenvalue weighted by molar-refractivity contribution is 0.0823. The highest BCUT2D eigenvalue weighted by atomic mass is 35.5. The van der Waals surface area contributed by atoms with Gasteiger partial charge in [0.2, 0.25) is 0 Å². The van der Waals surface area contributed by atoms with Crippen LogP contribution in [0.1, 0.15) is 35.2 Å². The molecule has 1 heterocycles. The van der Waals surface area contributed by atoms with E-state index in [9.17, 15) is 4.79 Å². The van der Waals surface area contributed by atoms with Crippen LogP contribution in [0.2, 0.25) is 5.02 Å². The highest BCUT2D eigenvalue weighted by Gasteiger charge is 2.40. The van der Waals surface area contributed by atoms with Gasteiger partial charge in [-0.2, -0.15) is 0 Å². The molecule has 0 unspecified atom stereocenters. The van der Waals surface area contributed by atoms with Gasteiger partial charge in [0, 0.05) is 17.1 Å². The van der Waals surface area contributed by atoms with Crippen LogP contribution in [0.5, 0.6) is 0 Å². The van der Waals surface area contributed by atoms with Crippen molar-refractivity contribution in [2.45, 2.75) is 31.3 Å². The first-order valence-corrected chi connectivity index (χ1v) is 9.13. The number of carbonyl (C=O) groups is 1. The number of nitrogens with one attached hydrogen (secondary N) is 1. The molecule has 5 nitrogen and oxygen atoms in total. The van der Waals surface area contributed by atoms with E-state index >= 15 is 0 Å². The zero-order valence-corrected chi connectivity index (χ0v) is 15.0. The van der Waals surface area contributed by atoms with Gasteiger partial charge in [-0.1, -0.05) is 23.7 Å². The molecule has 0 saturated heterocycles. The van der Waals surface area contributed by atoms with E-state index in [-0.39, 0.29) is 18.1 Å². The van der Waals surface area contributed by atoms with Crippen LogP contribution in [-0.4, -0.2) is 27.2 Å². The van der Waals surface area contributed by atoms with Crippen molar-refractivity contribution < 1.29 is 9.90 Å². The first-order chi connectivity index (χ1) is 12.6. The largest absolute Gasteiger partial charge is 0.395 e. The lowest BCUT2D eigenvalue weighted by Crippen LogP contribution is -2.50. The lowest BCUT2D eigenvalue weighted by atomic mass is 9.71. The topological polar surface area (TPSA) is 67.2 Å². The maximum Gasteiger partial charge on any atom is 0.252 e. The van der Waals surface area contributed by atoms with E-state index in [2.05, 4.69) is 10.3 Å². The Morgan fingerprint density at radius 3 is 2.65 bits per heavy atom. The molecule has 0 radical (unpaired) electrons. The van der Waals surface area contributed by atoms with Crippen molar-refractivity contribution >= 4 is 28.5 Å². The van der Waals surface area contributed by atoms with Crippen molar-refractivity contribution in [2.75, 3.05) is 6.61 Å². The number of aromatic nitrogens is 2. The molecule has 0 aliphatic heterocycles. The minimum absolute atomic E-state index is 0.0529. The second-order valence-electron chi connectivity index (χ2n) is 6.76. The Morgan fingerprint density at radius 2 is 2.00 bits per heavy atom. The smallest absolute Gasteiger partial charge is 0.252 e. The van der Waals surface area contributed by atoms with E-state index in [4.69, 9.17) is 16.7 Å². The summed E-state index contributed by atoms with van der Waals surface area (Å²) in [6.07, 6.45) is 4.62. The second kappa shape index (κ2) is 6.74. The Kier molecular flexibility index (Phi) is 4.42. The lowest BCUT2D eigenvalue weighted by Gasteiger charge is -2.43. The predicted molar refractivity (Wildman–Crippen MR) is 101 cm³/mol. The highest BCUT2D eigenvalue weighted by molar-refractivity contribution is 6.30. The second-order valence-corrected chi connectivity index (χ2v) is 7.20. The Balaban J connectivity index is 1.59. The molecule has 26 heavy (non-hydrogen) atoms. The number of rotatable bonds is 5. The number of nitrogens with zero attached hydrogens (tertiary/aromatic N) is 2. The average molecular weight is 370 g/mol. The van der Waals surface area contributed by atoms with Crippen molar-refractivity contribution in [1.29, 1.82) is 0 Å². The normalized spacial score (nSPS) is 15.6. The summed E-state index contributed by atoms with van der Waals surface area (Å²) in [5.74, 6) is -0.0988. The predicted octanol–water partition coefficient (Wildman–Crippen LogP) is 3.49. The van der Waals surface area contributed by atoms with Crippen LogP contribution in [0, 0.1) is 0 Å². The molecule has 134 valence electrons. The molecular weight excluding hydrogens is 350 g/mol. The molecule has 2 N–H and O–H groups in total. The van der Waals surface area contributed by atoms with Crippen LogP contribution in [0.15, 0.2) is 48.8 Å². The van der Waals surface area contributed by atoms with E-state index < -0.39 is 0 Å². The third kappa shape index (κ3) is 2.97. The molecule has 6 heteroatoms. The molecule has 1 aromatic heterocycles. The quantitative estimate of drug-likeness (QED) is 0.723. The third-order valence-electron chi connectivity index (χ3n) is 5.18. The summed E-state index contributed by atoms with van der Waals surface area (Å²) in [4.78, 5) is 17.2. The van der Waals surface area contributed by atoms with Gasteiger partial charge in [-0.15, -0.1) is 0 Å². The fourth-order valence-electron chi connectivity index (χ4n) is 3.57. The summed E-state index contributed by atoms with van der Waals surface area (Å²) < 4.78 is 1.87. The van der Waals surface area contributed by atoms with Gasteiger partial charge >= 0.3 is 0 Å². The van der Waals surface area contributed by atoms with Gasteiger partial charge in [-0.3, -0.25) is 4.79 Å². The SMILES string of the molecule is O=C(NC1(c2ccc(Cl)cc2)CCC1)c1ccc2c(c1)ncn2CCO. The molecule has 3 aromatic rings. The summed E-state index contributed by atoms with van der Waals surface area (Å²) >= 11 is 5.99. The van der Waals surface area contributed by atoms with E-state index in [1.54, 1.807) is 18.5 Å². The Bertz CT molecular complexity index is 945. The van der Waals surface area contributed by atoms with Crippen molar-refractivity contribution in [3.05, 3.63) is 64.9 Å². The Hall–Kier alpha value is -2.37. The van der Waals surface area contributed by atoms with E-state index in [0.29, 0.717) is 17.1 Å². The summed E-state index contributed by atoms with van der Waals surface area (Å²) in [5, 5.41) is 13.0. The number of amides is 1. The molecule has 1 aliphatic rings. The molecule has 0 bridgehead atoms. The van der Waals surface area contributed by atoms with Crippen molar-refractivity contribution in [3.8, 4) is 0 Å². The van der Waals surface area contributed by atoms with Crippen molar-refractivity contribution in [2.24, 2.45) is 0 Å². The van der Waals surface area contributed by atoms with Gasteiger partial charge in [0.1, 0.15) is 0 Å². The molecule has 0 spiro atoms. The fraction of sp³-hybridized carbons (Fsp3) is 0.300. The fourth-order valence-corrected chi connectivity index (χ4v) is 3.69. The number of benzene rings is 2. The summed E-state index contributed by atoms with van der Waals surface area (Å²) in [7, 11) is 0. The monoisotopic (exact) mass is 369 g/mol. The zero-order valence-electron chi connectivity index (χ0n) is 14.3. The third-order valence-corrected chi connectivity index (χ3v) is 5.43. The van der Waals surface area contributed by atoms with Crippen LogP contribution in [-0.2, 0) is 12.1 Å². The van der Waals surface area contributed by atoms with Crippen LogP contribution >= 0.6 is 11.6 Å². The van der Waals surface area contributed by atoms with Crippen LogP contribution in [0.3, 0.4) is 0 Å². The minimum Gasteiger partial charge on any atom is -0.395 e. The van der Waals surface area contributed by atoms with Crippen LogP contribution in [0.25, 0.3) is 11.0 Å². The number of hydrogen-bond donors (Lipinski definition) is 2. The van der Waals surface area contributed by atoms with Gasteiger partial charge in [0.25, 0.3) is 5.91 Å². The van der Waals surface area contributed by atoms with Gasteiger partial charge in [-0.05, 0) is 55.2 Å². The van der Waals surface area contributed by atoms with Gasteiger partial charge in [0.15, 0.2) is 0 Å². The first kappa shape index (κ1) is 17.1. The molecule has 1 aliphatic carbocycles. The number of halogens is 1. The minimum atomic E-state index is -0.313. The maximum absolute atomic E-state index is 12.9. The number of aliphatic hydroxyl groups is 1. The summed E-state index contributed by atoms with van der Waals surface area (Å²) in [6, 6.07) is 13.2. The number of fused-ring (bicyclic) bond motifs is 1. The Labute approximate surface area is 156 Å². The summed E-state index contributed by atoms with van der Waals surface area (Å²) in [6.45, 7) is 0.541. The zero-order chi connectivity index (χ0) is 18.1. The van der Waals surface area contributed by atoms with Gasteiger partial charge in [0.05, 0.1) is 29.5 Å². The highest BCUT2D eigenvalue weighted by Crippen LogP contribution is 2.41. The van der Waals surface area contributed by atoms with Crippen molar-refractivity contribution in [3.63, 3.8) is 0 Å². The maximum atomic E-state index is 12.9. The number of imidazole rings is 1. The van der Waals surface area contributed by atoms with Gasteiger partial charge in [-0.25, -0.2) is 4.98 Å². The summed E-state index contributed by atoms with van der Waals surface area (Å²) in [5.41, 5.74) is 3.03. The average Bonchev–Trinajstić information content (AvgIpc) is 3.01. The standard InChI is InChI=1S/C20H20ClN3O2/c21-16-5-3-15(4-6-16)20(8-1-9-20)23-19(26)14-2-7-18-17(12-14)22-13-24(18)10-11-25/h2-7,12-13,25H,1,8-11H2,(H,23,26). The first-order valence-electron chi connectivity index (χ1n) is 8.76. The van der Waals surface area contributed by atoms with Crippen LogP contribution in [0.4, 0.5) is 0 Å². The molecular formula is C20H20ClN3O2. The number of carbonyl (C=O) groups excluding carboxylic acids is 1. The number of hydrogen-bond acceptors (Lipinski definition) is 3. The molecule has 2 aromatic carbocycles. The number of aliphatic hydroxyl groups excluding tert-OH is 1. The molecule has 1 amide bonds. The molecule has 1 saturated carbocycles. The van der Waals surface area contributed by atoms with Crippen molar-refractivity contribution in [1.82, 2.24) is 14.9 Å². The molecule has 0 atom stereocenters. The molecule has 1 fully saturated rings. The Morgan fingerprint density at radius 1 is 1.23 bits per heavy atom. The molecule has 4 rings (SSSR count). The van der Waals surface area contributed by atoms with E-state index in [1.165, 1.54) is 0 Å². The van der Waals surface area contributed by atoms with Crippen LogP contribution < -0.4 is 5.32 Å².